The number of hydrogen-bond acceptors (Lipinski definition) is 6. The van der Waals surface area contributed by atoms with Gasteiger partial charge in [-0.15, -0.1) is 0 Å². The highest BCUT2D eigenvalue weighted by molar-refractivity contribution is 7.22. The number of nitro groups is 1. The van der Waals surface area contributed by atoms with Crippen LogP contribution < -0.4 is 9.80 Å². The number of hydrogen-bond donors (Lipinski definition) is 0. The van der Waals surface area contributed by atoms with Crippen LogP contribution in [0.5, 0.6) is 0 Å². The lowest BCUT2D eigenvalue weighted by Crippen LogP contribution is -2.30. The van der Waals surface area contributed by atoms with Gasteiger partial charge in [-0.2, -0.15) is 0 Å². The first-order valence-electron chi connectivity index (χ1n) is 11.0. The highest BCUT2D eigenvalue weighted by Crippen LogP contribution is 2.37. The predicted molar refractivity (Wildman–Crippen MR) is 137 cm³/mol. The number of benzene rings is 3. The van der Waals surface area contributed by atoms with Crippen LogP contribution in [0.25, 0.3) is 10.2 Å². The van der Waals surface area contributed by atoms with Crippen molar-refractivity contribution in [3.63, 3.8) is 0 Å². The van der Waals surface area contributed by atoms with Gasteiger partial charge in [0.05, 0.1) is 20.8 Å². The number of rotatable bonds is 5. The van der Waals surface area contributed by atoms with Gasteiger partial charge < -0.3 is 4.90 Å². The number of nitro benzene ring substituents is 1. The summed E-state index contributed by atoms with van der Waals surface area (Å²) in [4.78, 5) is 33.5. The van der Waals surface area contributed by atoms with E-state index in [-0.39, 0.29) is 11.3 Å². The second-order valence-corrected chi connectivity index (χ2v) is 9.54. The van der Waals surface area contributed by atoms with Crippen molar-refractivity contribution in [2.45, 2.75) is 19.3 Å². The van der Waals surface area contributed by atoms with Crippen molar-refractivity contribution in [1.82, 2.24) is 4.98 Å². The average Bonchev–Trinajstić information content (AvgIpc) is 3.28. The molecular weight excluding hydrogens is 472 g/mol. The Balaban J connectivity index is 1.59. The number of halogens is 1. The van der Waals surface area contributed by atoms with E-state index in [1.165, 1.54) is 22.3 Å². The Morgan fingerprint density at radius 2 is 1.82 bits per heavy atom. The maximum absolute atomic E-state index is 13.8. The number of carbonyl (C=O) groups is 1. The summed E-state index contributed by atoms with van der Waals surface area (Å²) >= 11 is 7.60. The minimum atomic E-state index is -0.415. The molecule has 0 unspecified atom stereocenters. The second-order valence-electron chi connectivity index (χ2n) is 8.09. The lowest BCUT2D eigenvalue weighted by Gasteiger charge is -2.28. The van der Waals surface area contributed by atoms with E-state index in [2.05, 4.69) is 4.98 Å². The lowest BCUT2D eigenvalue weighted by molar-refractivity contribution is -0.384. The fourth-order valence-electron chi connectivity index (χ4n) is 4.22. The predicted octanol–water partition coefficient (Wildman–Crippen LogP) is 6.83. The molecule has 1 saturated heterocycles. The van der Waals surface area contributed by atoms with Crippen LogP contribution in [-0.2, 0) is 0 Å². The number of para-hydroxylation sites is 1. The van der Waals surface area contributed by atoms with Crippen LogP contribution in [0.1, 0.15) is 29.6 Å². The molecule has 1 aromatic heterocycles. The minimum Gasteiger partial charge on any atom is -0.366 e. The van der Waals surface area contributed by atoms with Crippen molar-refractivity contribution in [3.05, 3.63) is 87.4 Å². The molecule has 0 radical (unpaired) electrons. The molecule has 5 rings (SSSR count). The summed E-state index contributed by atoms with van der Waals surface area (Å²) in [5.74, 6) is -0.408. The summed E-state index contributed by atoms with van der Waals surface area (Å²) < 4.78 is 0.934. The molecule has 0 N–H and O–H groups in total. The van der Waals surface area contributed by atoms with E-state index in [4.69, 9.17) is 11.6 Å². The molecule has 0 bridgehead atoms. The van der Waals surface area contributed by atoms with Gasteiger partial charge in [0.15, 0.2) is 5.13 Å². The topological polar surface area (TPSA) is 79.6 Å². The molecule has 7 nitrogen and oxygen atoms in total. The normalized spacial score (nSPS) is 13.7. The van der Waals surface area contributed by atoms with E-state index >= 15 is 0 Å². The van der Waals surface area contributed by atoms with E-state index < -0.39 is 10.8 Å². The zero-order valence-corrected chi connectivity index (χ0v) is 19.8. The number of amides is 1. The van der Waals surface area contributed by atoms with E-state index in [9.17, 15) is 14.9 Å². The van der Waals surface area contributed by atoms with Crippen LogP contribution in [0.3, 0.4) is 0 Å². The third kappa shape index (κ3) is 4.34. The van der Waals surface area contributed by atoms with Crippen LogP contribution in [0, 0.1) is 10.1 Å². The van der Waals surface area contributed by atoms with Crippen molar-refractivity contribution >= 4 is 61.3 Å². The Kier molecular flexibility index (Phi) is 6.17. The SMILES string of the molecule is O=C(c1ccc(N2CCCCC2)c([N+](=O)[O-])c1)N(c1cccc(Cl)c1)c1nc2ccccc2s1. The molecule has 0 atom stereocenters. The monoisotopic (exact) mass is 492 g/mol. The molecule has 172 valence electrons. The fraction of sp³-hybridized carbons (Fsp3) is 0.200. The summed E-state index contributed by atoms with van der Waals surface area (Å²) in [6, 6.07) is 19.3. The highest BCUT2D eigenvalue weighted by Gasteiger charge is 2.28. The molecule has 2 heterocycles. The van der Waals surface area contributed by atoms with Gasteiger partial charge >= 0.3 is 0 Å². The summed E-state index contributed by atoms with van der Waals surface area (Å²) in [5, 5.41) is 12.9. The second kappa shape index (κ2) is 9.40. The van der Waals surface area contributed by atoms with Crippen LogP contribution >= 0.6 is 22.9 Å². The van der Waals surface area contributed by atoms with Crippen molar-refractivity contribution < 1.29 is 9.72 Å². The van der Waals surface area contributed by atoms with E-state index in [1.54, 1.807) is 36.4 Å². The van der Waals surface area contributed by atoms with Gasteiger partial charge in [0, 0.05) is 29.7 Å². The average molecular weight is 493 g/mol. The number of carbonyl (C=O) groups excluding carboxylic acids is 1. The maximum Gasteiger partial charge on any atom is 0.293 e. The van der Waals surface area contributed by atoms with Gasteiger partial charge in [0.1, 0.15) is 5.69 Å². The first-order chi connectivity index (χ1) is 16.5. The Labute approximate surface area is 205 Å². The van der Waals surface area contributed by atoms with Crippen molar-refractivity contribution in [3.8, 4) is 0 Å². The molecule has 4 aromatic rings. The molecule has 1 aliphatic rings. The quantitative estimate of drug-likeness (QED) is 0.225. The van der Waals surface area contributed by atoms with Gasteiger partial charge in [-0.3, -0.25) is 19.8 Å². The number of fused-ring (bicyclic) bond motifs is 1. The molecule has 1 aliphatic heterocycles. The van der Waals surface area contributed by atoms with Crippen LogP contribution in [-0.4, -0.2) is 28.9 Å². The van der Waals surface area contributed by atoms with Crippen molar-refractivity contribution in [2.24, 2.45) is 0 Å². The Hall–Kier alpha value is -3.49. The number of nitrogens with zero attached hydrogens (tertiary/aromatic N) is 4. The third-order valence-corrected chi connectivity index (χ3v) is 7.12. The smallest absolute Gasteiger partial charge is 0.293 e. The molecule has 0 saturated carbocycles. The van der Waals surface area contributed by atoms with Gasteiger partial charge in [0.2, 0.25) is 0 Å². The van der Waals surface area contributed by atoms with Crippen molar-refractivity contribution in [2.75, 3.05) is 22.9 Å². The standard InChI is InChI=1S/C25H21ClN4O3S/c26-18-7-6-8-19(16-18)29(25-27-20-9-2-3-10-23(20)34-25)24(31)17-11-12-21(22(15-17)30(32)33)28-13-4-1-5-14-28/h2-3,6-12,15-16H,1,4-5,13-14H2. The first kappa shape index (κ1) is 22.3. The van der Waals surface area contributed by atoms with Crippen LogP contribution in [0.15, 0.2) is 66.7 Å². The fourth-order valence-corrected chi connectivity index (χ4v) is 5.39. The summed E-state index contributed by atoms with van der Waals surface area (Å²) in [6.45, 7) is 1.54. The number of piperidine rings is 1. The zero-order valence-electron chi connectivity index (χ0n) is 18.2. The highest BCUT2D eigenvalue weighted by atomic mass is 35.5. The molecular formula is C25H21ClN4O3S. The van der Waals surface area contributed by atoms with Crippen LogP contribution in [0.2, 0.25) is 5.02 Å². The van der Waals surface area contributed by atoms with E-state index in [0.29, 0.717) is 21.5 Å². The van der Waals surface area contributed by atoms with Gasteiger partial charge in [-0.05, 0) is 61.7 Å². The summed E-state index contributed by atoms with van der Waals surface area (Å²) in [5.41, 5.74) is 2.01. The van der Waals surface area contributed by atoms with E-state index in [1.807, 2.05) is 29.2 Å². The van der Waals surface area contributed by atoms with Gasteiger partial charge in [-0.25, -0.2) is 4.98 Å². The molecule has 3 aromatic carbocycles. The number of aromatic nitrogens is 1. The molecule has 9 heteroatoms. The summed E-state index contributed by atoms with van der Waals surface area (Å²) in [7, 11) is 0. The lowest BCUT2D eigenvalue weighted by atomic mass is 10.1. The molecule has 1 amide bonds. The van der Waals surface area contributed by atoms with E-state index in [0.717, 1.165) is 42.6 Å². The molecule has 34 heavy (non-hydrogen) atoms. The first-order valence-corrected chi connectivity index (χ1v) is 12.2. The maximum atomic E-state index is 13.8. The largest absolute Gasteiger partial charge is 0.366 e. The molecule has 0 aliphatic carbocycles. The van der Waals surface area contributed by atoms with Crippen molar-refractivity contribution in [1.29, 1.82) is 0 Å². The minimum absolute atomic E-state index is 0.0666. The Morgan fingerprint density at radius 1 is 1.03 bits per heavy atom. The number of anilines is 3. The summed E-state index contributed by atoms with van der Waals surface area (Å²) in [6.07, 6.45) is 3.12. The molecule has 0 spiro atoms. The van der Waals surface area contributed by atoms with Crippen LogP contribution in [0.4, 0.5) is 22.2 Å². The number of thiazole rings is 1. The Bertz CT molecular complexity index is 1350. The Morgan fingerprint density at radius 3 is 2.56 bits per heavy atom. The van der Waals surface area contributed by atoms with Gasteiger partial charge in [0.25, 0.3) is 11.6 Å². The molecule has 1 fully saturated rings. The third-order valence-electron chi connectivity index (χ3n) is 5.86. The van der Waals surface area contributed by atoms with Gasteiger partial charge in [-0.1, -0.05) is 41.1 Å². The zero-order chi connectivity index (χ0) is 23.7.